The molecular weight excluding hydrogens is 291 g/mol. The zero-order chi connectivity index (χ0) is 14.3. The number of halogens is 2. The lowest BCUT2D eigenvalue weighted by Crippen LogP contribution is -1.90. The van der Waals surface area contributed by atoms with Crippen molar-refractivity contribution in [2.45, 2.75) is 20.3 Å². The molecule has 1 N–H and O–H groups in total. The molecule has 0 fully saturated rings. The van der Waals surface area contributed by atoms with E-state index in [1.54, 1.807) is 0 Å². The van der Waals surface area contributed by atoms with E-state index < -0.39 is 0 Å². The van der Waals surface area contributed by atoms with Crippen molar-refractivity contribution in [2.75, 3.05) is 0 Å². The SMILES string of the molecule is Cc1cc(C)c2nc(Cc3ccc(Cl)c(Cl)c3)[nH]c2c1. The Hall–Kier alpha value is -1.51. The second kappa shape index (κ2) is 5.12. The standard InChI is InChI=1S/C16H14Cl2N2/c1-9-5-10(2)16-14(6-9)19-15(20-16)8-11-3-4-12(17)13(18)7-11/h3-7H,8H2,1-2H3,(H,19,20). The Bertz CT molecular complexity index is 791. The fourth-order valence-electron chi connectivity index (χ4n) is 2.45. The summed E-state index contributed by atoms with van der Waals surface area (Å²) in [5.41, 5.74) is 5.63. The Morgan fingerprint density at radius 3 is 2.60 bits per heavy atom. The van der Waals surface area contributed by atoms with Crippen LogP contribution >= 0.6 is 23.2 Å². The normalized spacial score (nSPS) is 11.2. The summed E-state index contributed by atoms with van der Waals surface area (Å²) in [6.07, 6.45) is 0.712. The van der Waals surface area contributed by atoms with Crippen molar-refractivity contribution in [1.29, 1.82) is 0 Å². The predicted octanol–water partition coefficient (Wildman–Crippen LogP) is 5.08. The number of nitrogens with one attached hydrogen (secondary N) is 1. The quantitative estimate of drug-likeness (QED) is 0.703. The van der Waals surface area contributed by atoms with Crippen LogP contribution in [0.25, 0.3) is 11.0 Å². The van der Waals surface area contributed by atoms with Crippen LogP contribution in [0.4, 0.5) is 0 Å². The molecular formula is C16H14Cl2N2. The van der Waals surface area contributed by atoms with E-state index in [-0.39, 0.29) is 0 Å². The topological polar surface area (TPSA) is 28.7 Å². The van der Waals surface area contributed by atoms with Gasteiger partial charge in [-0.25, -0.2) is 4.98 Å². The minimum Gasteiger partial charge on any atom is -0.342 e. The second-order valence-electron chi connectivity index (χ2n) is 5.09. The molecule has 0 aliphatic heterocycles. The molecule has 0 bridgehead atoms. The van der Waals surface area contributed by atoms with E-state index in [1.807, 2.05) is 18.2 Å². The van der Waals surface area contributed by atoms with Crippen molar-refractivity contribution in [3.8, 4) is 0 Å². The van der Waals surface area contributed by atoms with Gasteiger partial charge >= 0.3 is 0 Å². The molecule has 4 heteroatoms. The predicted molar refractivity (Wildman–Crippen MR) is 84.8 cm³/mol. The number of imidazole rings is 1. The number of aromatic nitrogens is 2. The Kier molecular flexibility index (Phi) is 3.45. The van der Waals surface area contributed by atoms with E-state index in [2.05, 4.69) is 35.9 Å². The summed E-state index contributed by atoms with van der Waals surface area (Å²) >= 11 is 12.0. The molecule has 3 aromatic rings. The van der Waals surface area contributed by atoms with Crippen molar-refractivity contribution < 1.29 is 0 Å². The largest absolute Gasteiger partial charge is 0.342 e. The minimum absolute atomic E-state index is 0.575. The molecule has 1 aromatic heterocycles. The Labute approximate surface area is 127 Å². The average Bonchev–Trinajstić information content (AvgIpc) is 2.76. The number of H-pyrrole nitrogens is 1. The molecule has 0 amide bonds. The fourth-order valence-corrected chi connectivity index (χ4v) is 2.77. The van der Waals surface area contributed by atoms with E-state index in [1.165, 1.54) is 11.1 Å². The number of hydrogen-bond acceptors (Lipinski definition) is 1. The van der Waals surface area contributed by atoms with Gasteiger partial charge in [-0.1, -0.05) is 35.3 Å². The zero-order valence-electron chi connectivity index (χ0n) is 11.3. The molecule has 102 valence electrons. The molecule has 0 radical (unpaired) electrons. The monoisotopic (exact) mass is 304 g/mol. The van der Waals surface area contributed by atoms with Crippen LogP contribution in [0.3, 0.4) is 0 Å². The van der Waals surface area contributed by atoms with Crippen LogP contribution in [0.1, 0.15) is 22.5 Å². The van der Waals surface area contributed by atoms with Gasteiger partial charge in [0.15, 0.2) is 0 Å². The summed E-state index contributed by atoms with van der Waals surface area (Å²) in [7, 11) is 0. The summed E-state index contributed by atoms with van der Waals surface area (Å²) in [6, 6.07) is 9.94. The van der Waals surface area contributed by atoms with Crippen LogP contribution in [0.5, 0.6) is 0 Å². The maximum Gasteiger partial charge on any atom is 0.111 e. The maximum atomic E-state index is 6.04. The van der Waals surface area contributed by atoms with Crippen LogP contribution in [-0.4, -0.2) is 9.97 Å². The highest BCUT2D eigenvalue weighted by atomic mass is 35.5. The van der Waals surface area contributed by atoms with Gasteiger partial charge in [0.05, 0.1) is 21.1 Å². The van der Waals surface area contributed by atoms with Gasteiger partial charge in [0, 0.05) is 6.42 Å². The Morgan fingerprint density at radius 2 is 1.85 bits per heavy atom. The van der Waals surface area contributed by atoms with Gasteiger partial charge in [-0.05, 0) is 48.7 Å². The van der Waals surface area contributed by atoms with Gasteiger partial charge in [-0.2, -0.15) is 0 Å². The van der Waals surface area contributed by atoms with Gasteiger partial charge in [0.25, 0.3) is 0 Å². The number of benzene rings is 2. The van der Waals surface area contributed by atoms with E-state index in [9.17, 15) is 0 Å². The summed E-state index contributed by atoms with van der Waals surface area (Å²) in [4.78, 5) is 8.04. The molecule has 0 aliphatic rings. The van der Waals surface area contributed by atoms with E-state index in [0.29, 0.717) is 16.5 Å². The number of fused-ring (bicyclic) bond motifs is 1. The molecule has 0 atom stereocenters. The lowest BCUT2D eigenvalue weighted by Gasteiger charge is -2.00. The van der Waals surface area contributed by atoms with Gasteiger partial charge in [-0.15, -0.1) is 0 Å². The zero-order valence-corrected chi connectivity index (χ0v) is 12.8. The number of aryl methyl sites for hydroxylation is 2. The molecule has 1 heterocycles. The van der Waals surface area contributed by atoms with Crippen LogP contribution < -0.4 is 0 Å². The number of nitrogens with zero attached hydrogens (tertiary/aromatic N) is 1. The maximum absolute atomic E-state index is 6.04. The number of rotatable bonds is 2. The molecule has 0 saturated carbocycles. The lowest BCUT2D eigenvalue weighted by molar-refractivity contribution is 1.04. The van der Waals surface area contributed by atoms with Crippen LogP contribution in [-0.2, 0) is 6.42 Å². The van der Waals surface area contributed by atoms with Crippen LogP contribution in [0, 0.1) is 13.8 Å². The molecule has 2 nitrogen and oxygen atoms in total. The van der Waals surface area contributed by atoms with Crippen molar-refractivity contribution in [2.24, 2.45) is 0 Å². The minimum atomic E-state index is 0.575. The third kappa shape index (κ3) is 2.54. The molecule has 20 heavy (non-hydrogen) atoms. The number of aromatic amines is 1. The number of hydrogen-bond donors (Lipinski definition) is 1. The third-order valence-electron chi connectivity index (χ3n) is 3.33. The summed E-state index contributed by atoms with van der Waals surface area (Å²) < 4.78 is 0. The summed E-state index contributed by atoms with van der Waals surface area (Å²) in [5, 5.41) is 1.15. The molecule has 0 aliphatic carbocycles. The highest BCUT2D eigenvalue weighted by Crippen LogP contribution is 2.24. The lowest BCUT2D eigenvalue weighted by atomic mass is 10.1. The second-order valence-corrected chi connectivity index (χ2v) is 5.90. The van der Waals surface area contributed by atoms with E-state index >= 15 is 0 Å². The first kappa shape index (κ1) is 13.5. The van der Waals surface area contributed by atoms with Gasteiger partial charge in [0.2, 0.25) is 0 Å². The molecule has 3 rings (SSSR count). The smallest absolute Gasteiger partial charge is 0.111 e. The first-order chi connectivity index (χ1) is 9.52. The highest BCUT2D eigenvalue weighted by Gasteiger charge is 2.08. The summed E-state index contributed by atoms with van der Waals surface area (Å²) in [6.45, 7) is 4.17. The van der Waals surface area contributed by atoms with Crippen LogP contribution in [0.2, 0.25) is 10.0 Å². The Morgan fingerprint density at radius 1 is 1.05 bits per heavy atom. The van der Waals surface area contributed by atoms with Crippen molar-refractivity contribution >= 4 is 34.2 Å². The Balaban J connectivity index is 1.98. The van der Waals surface area contributed by atoms with E-state index in [0.717, 1.165) is 22.4 Å². The molecule has 0 unspecified atom stereocenters. The van der Waals surface area contributed by atoms with Crippen molar-refractivity contribution in [3.63, 3.8) is 0 Å². The average molecular weight is 305 g/mol. The van der Waals surface area contributed by atoms with E-state index in [4.69, 9.17) is 23.2 Å². The molecule has 2 aromatic carbocycles. The molecule has 0 spiro atoms. The first-order valence-corrected chi connectivity index (χ1v) is 7.18. The van der Waals surface area contributed by atoms with Crippen LogP contribution in [0.15, 0.2) is 30.3 Å². The molecule has 0 saturated heterocycles. The highest BCUT2D eigenvalue weighted by molar-refractivity contribution is 6.42. The van der Waals surface area contributed by atoms with Crippen molar-refractivity contribution in [3.05, 3.63) is 62.9 Å². The van der Waals surface area contributed by atoms with Gasteiger partial charge in [0.1, 0.15) is 5.82 Å². The van der Waals surface area contributed by atoms with Crippen molar-refractivity contribution in [1.82, 2.24) is 9.97 Å². The third-order valence-corrected chi connectivity index (χ3v) is 4.07. The van der Waals surface area contributed by atoms with Gasteiger partial charge < -0.3 is 4.98 Å². The van der Waals surface area contributed by atoms with Gasteiger partial charge in [-0.3, -0.25) is 0 Å². The fraction of sp³-hybridized carbons (Fsp3) is 0.188. The summed E-state index contributed by atoms with van der Waals surface area (Å²) in [5.74, 6) is 0.937. The first-order valence-electron chi connectivity index (χ1n) is 6.43.